The third-order valence-corrected chi connectivity index (χ3v) is 4.37. The van der Waals surface area contributed by atoms with Crippen LogP contribution in [-0.2, 0) is 6.54 Å². The molecule has 0 saturated carbocycles. The first kappa shape index (κ1) is 14.8. The minimum absolute atomic E-state index is 0.565. The van der Waals surface area contributed by atoms with Gasteiger partial charge in [-0.15, -0.1) is 0 Å². The molecule has 4 heteroatoms. The van der Waals surface area contributed by atoms with Gasteiger partial charge in [0.1, 0.15) is 0 Å². The zero-order valence-corrected chi connectivity index (χ0v) is 13.7. The second kappa shape index (κ2) is 6.73. The number of piperazine rings is 1. The predicted molar refractivity (Wildman–Crippen MR) is 85.8 cm³/mol. The molecule has 106 valence electrons. The summed E-state index contributed by atoms with van der Waals surface area (Å²) in [6, 6.07) is 7.28. The van der Waals surface area contributed by atoms with Crippen molar-refractivity contribution in [3.05, 3.63) is 28.2 Å². The molecular formula is C15H24BrN3. The second-order valence-corrected chi connectivity index (χ2v) is 6.23. The number of hydrogen-bond donors (Lipinski definition) is 1. The van der Waals surface area contributed by atoms with Gasteiger partial charge in [0.2, 0.25) is 0 Å². The normalized spacial score (nSPS) is 20.8. The lowest BCUT2D eigenvalue weighted by Gasteiger charge is -2.40. The average Bonchev–Trinajstić information content (AvgIpc) is 2.37. The van der Waals surface area contributed by atoms with Gasteiger partial charge in [-0.3, -0.25) is 0 Å². The summed E-state index contributed by atoms with van der Waals surface area (Å²) in [4.78, 5) is 4.90. The van der Waals surface area contributed by atoms with Gasteiger partial charge in [-0.25, -0.2) is 0 Å². The van der Waals surface area contributed by atoms with E-state index in [1.807, 2.05) is 0 Å². The van der Waals surface area contributed by atoms with Gasteiger partial charge in [0, 0.05) is 36.7 Å². The van der Waals surface area contributed by atoms with E-state index in [1.165, 1.54) is 15.7 Å². The Morgan fingerprint density at radius 2 is 2.16 bits per heavy atom. The largest absolute Gasteiger partial charge is 0.365 e. The molecule has 2 rings (SSSR count). The van der Waals surface area contributed by atoms with Crippen LogP contribution >= 0.6 is 15.9 Å². The minimum Gasteiger partial charge on any atom is -0.365 e. The first-order chi connectivity index (χ1) is 9.11. The predicted octanol–water partition coefficient (Wildman–Crippen LogP) is 2.70. The summed E-state index contributed by atoms with van der Waals surface area (Å²) < 4.78 is 1.21. The Hall–Kier alpha value is -0.580. The van der Waals surface area contributed by atoms with Crippen LogP contribution in [0.3, 0.4) is 0 Å². The minimum atomic E-state index is 0.565. The number of hydrogen-bond acceptors (Lipinski definition) is 3. The van der Waals surface area contributed by atoms with Crippen molar-refractivity contribution < 1.29 is 0 Å². The van der Waals surface area contributed by atoms with Gasteiger partial charge in [0.05, 0.1) is 5.69 Å². The zero-order valence-electron chi connectivity index (χ0n) is 12.1. The molecule has 0 amide bonds. The summed E-state index contributed by atoms with van der Waals surface area (Å²) in [6.07, 6.45) is 0. The SMILES string of the molecule is CCNCc1ccc(N2CCN(C)CC2C)c(Br)c1. The van der Waals surface area contributed by atoms with Crippen LogP contribution in [0, 0.1) is 0 Å². The molecule has 1 heterocycles. The van der Waals surface area contributed by atoms with Gasteiger partial charge in [-0.2, -0.15) is 0 Å². The monoisotopic (exact) mass is 325 g/mol. The second-order valence-electron chi connectivity index (χ2n) is 5.37. The van der Waals surface area contributed by atoms with Crippen LogP contribution in [0.4, 0.5) is 5.69 Å². The maximum absolute atomic E-state index is 3.73. The van der Waals surface area contributed by atoms with Crippen molar-refractivity contribution in [2.24, 2.45) is 0 Å². The average molecular weight is 326 g/mol. The summed E-state index contributed by atoms with van der Waals surface area (Å²) in [7, 11) is 2.20. The standard InChI is InChI=1S/C15H24BrN3/c1-4-17-10-13-5-6-15(14(16)9-13)19-8-7-18(3)11-12(19)2/h5-6,9,12,17H,4,7-8,10-11H2,1-3H3. The summed E-state index contributed by atoms with van der Waals surface area (Å²) >= 11 is 3.73. The molecule has 1 aliphatic rings. The molecule has 19 heavy (non-hydrogen) atoms. The van der Waals surface area contributed by atoms with Crippen LogP contribution in [0.15, 0.2) is 22.7 Å². The highest BCUT2D eigenvalue weighted by Gasteiger charge is 2.23. The van der Waals surface area contributed by atoms with Crippen LogP contribution in [0.25, 0.3) is 0 Å². The van der Waals surface area contributed by atoms with Crippen LogP contribution in [-0.4, -0.2) is 44.2 Å². The van der Waals surface area contributed by atoms with Gasteiger partial charge >= 0.3 is 0 Å². The Labute approximate surface area is 125 Å². The van der Waals surface area contributed by atoms with Crippen LogP contribution in [0.1, 0.15) is 19.4 Å². The van der Waals surface area contributed by atoms with E-state index < -0.39 is 0 Å². The molecule has 0 aromatic heterocycles. The molecule has 1 saturated heterocycles. The van der Waals surface area contributed by atoms with Crippen molar-refractivity contribution in [3.8, 4) is 0 Å². The van der Waals surface area contributed by atoms with Gasteiger partial charge in [-0.1, -0.05) is 13.0 Å². The van der Waals surface area contributed by atoms with E-state index in [-0.39, 0.29) is 0 Å². The molecule has 0 aliphatic carbocycles. The molecule has 0 radical (unpaired) electrons. The molecule has 1 unspecified atom stereocenters. The third-order valence-electron chi connectivity index (χ3n) is 3.73. The topological polar surface area (TPSA) is 18.5 Å². The van der Waals surface area contributed by atoms with Crippen LogP contribution in [0.2, 0.25) is 0 Å². The quantitative estimate of drug-likeness (QED) is 0.918. The van der Waals surface area contributed by atoms with Crippen molar-refractivity contribution in [1.29, 1.82) is 0 Å². The van der Waals surface area contributed by atoms with Crippen molar-refractivity contribution in [1.82, 2.24) is 10.2 Å². The molecule has 1 aromatic rings. The smallest absolute Gasteiger partial charge is 0.0514 e. The van der Waals surface area contributed by atoms with Gasteiger partial charge < -0.3 is 15.1 Å². The molecule has 1 atom stereocenters. The van der Waals surface area contributed by atoms with E-state index in [0.717, 1.165) is 32.7 Å². The molecule has 1 aromatic carbocycles. The van der Waals surface area contributed by atoms with E-state index in [0.29, 0.717) is 6.04 Å². The Morgan fingerprint density at radius 1 is 1.37 bits per heavy atom. The van der Waals surface area contributed by atoms with Gasteiger partial charge in [0.25, 0.3) is 0 Å². The van der Waals surface area contributed by atoms with E-state index >= 15 is 0 Å². The number of anilines is 1. The summed E-state index contributed by atoms with van der Waals surface area (Å²) in [6.45, 7) is 9.75. The van der Waals surface area contributed by atoms with E-state index in [9.17, 15) is 0 Å². The molecule has 0 spiro atoms. The molecule has 3 nitrogen and oxygen atoms in total. The lowest BCUT2D eigenvalue weighted by atomic mass is 10.1. The van der Waals surface area contributed by atoms with Crippen molar-refractivity contribution in [3.63, 3.8) is 0 Å². The number of likely N-dealkylation sites (N-methyl/N-ethyl adjacent to an activating group) is 1. The van der Waals surface area contributed by atoms with Gasteiger partial charge in [-0.05, 0) is 54.1 Å². The van der Waals surface area contributed by atoms with Crippen molar-refractivity contribution in [2.45, 2.75) is 26.4 Å². The Bertz CT molecular complexity index is 422. The Balaban J connectivity index is 2.12. The fraction of sp³-hybridized carbons (Fsp3) is 0.600. The Kier molecular flexibility index (Phi) is 5.25. The first-order valence-corrected chi connectivity index (χ1v) is 7.85. The fourth-order valence-corrected chi connectivity index (χ4v) is 3.31. The van der Waals surface area contributed by atoms with E-state index in [2.05, 4.69) is 70.1 Å². The Morgan fingerprint density at radius 3 is 2.79 bits per heavy atom. The third kappa shape index (κ3) is 3.71. The van der Waals surface area contributed by atoms with Crippen molar-refractivity contribution in [2.75, 3.05) is 38.1 Å². The maximum Gasteiger partial charge on any atom is 0.0514 e. The molecule has 1 aliphatic heterocycles. The number of rotatable bonds is 4. The van der Waals surface area contributed by atoms with E-state index in [1.54, 1.807) is 0 Å². The van der Waals surface area contributed by atoms with Crippen LogP contribution in [0.5, 0.6) is 0 Å². The summed E-state index contributed by atoms with van der Waals surface area (Å²) in [5, 5.41) is 3.36. The number of halogens is 1. The fourth-order valence-electron chi connectivity index (χ4n) is 2.66. The highest BCUT2D eigenvalue weighted by molar-refractivity contribution is 9.10. The zero-order chi connectivity index (χ0) is 13.8. The van der Waals surface area contributed by atoms with Crippen LogP contribution < -0.4 is 10.2 Å². The molecular weight excluding hydrogens is 302 g/mol. The van der Waals surface area contributed by atoms with Crippen molar-refractivity contribution >= 4 is 21.6 Å². The van der Waals surface area contributed by atoms with E-state index in [4.69, 9.17) is 0 Å². The highest BCUT2D eigenvalue weighted by Crippen LogP contribution is 2.30. The summed E-state index contributed by atoms with van der Waals surface area (Å²) in [5.41, 5.74) is 2.65. The molecule has 1 fully saturated rings. The molecule has 1 N–H and O–H groups in total. The maximum atomic E-state index is 3.73. The van der Waals surface area contributed by atoms with Gasteiger partial charge in [0.15, 0.2) is 0 Å². The number of nitrogens with zero attached hydrogens (tertiary/aromatic N) is 2. The molecule has 0 bridgehead atoms. The highest BCUT2D eigenvalue weighted by atomic mass is 79.9. The number of nitrogens with one attached hydrogen (secondary N) is 1. The number of benzene rings is 1. The lowest BCUT2D eigenvalue weighted by Crippen LogP contribution is -2.50. The summed E-state index contributed by atoms with van der Waals surface area (Å²) in [5.74, 6) is 0. The first-order valence-electron chi connectivity index (χ1n) is 7.06. The lowest BCUT2D eigenvalue weighted by molar-refractivity contribution is 0.275.